The molecule has 0 aromatic rings. The summed E-state index contributed by atoms with van der Waals surface area (Å²) in [6.45, 7) is 0. The summed E-state index contributed by atoms with van der Waals surface area (Å²) in [7, 11) is 1.32. The van der Waals surface area contributed by atoms with Crippen LogP contribution in [0.5, 0.6) is 0 Å². The van der Waals surface area contributed by atoms with E-state index in [0.717, 1.165) is 0 Å². The molecule has 0 aromatic heterocycles. The Bertz CT molecular complexity index is 237. The van der Waals surface area contributed by atoms with Gasteiger partial charge in [0.25, 0.3) is 0 Å². The summed E-state index contributed by atoms with van der Waals surface area (Å²) in [6, 6.07) is -1.17. The van der Waals surface area contributed by atoms with E-state index in [0.29, 0.717) is 0 Å². The SMILES string of the molecule is CNC(CC(C(=O)O)C(=O)O)C(=O)O. The van der Waals surface area contributed by atoms with Gasteiger partial charge in [-0.25, -0.2) is 0 Å². The van der Waals surface area contributed by atoms with E-state index >= 15 is 0 Å². The number of carboxylic acid groups (broad SMARTS) is 3. The van der Waals surface area contributed by atoms with Crippen molar-refractivity contribution in [1.29, 1.82) is 0 Å². The lowest BCUT2D eigenvalue weighted by atomic mass is 10.0. The van der Waals surface area contributed by atoms with Gasteiger partial charge in [0.2, 0.25) is 0 Å². The molecule has 7 heteroatoms. The fraction of sp³-hybridized carbons (Fsp3) is 0.571. The van der Waals surface area contributed by atoms with Crippen LogP contribution >= 0.6 is 0 Å². The van der Waals surface area contributed by atoms with Crippen molar-refractivity contribution in [2.45, 2.75) is 12.5 Å². The third-order valence-electron chi connectivity index (χ3n) is 1.71. The van der Waals surface area contributed by atoms with Crippen molar-refractivity contribution in [2.24, 2.45) is 5.92 Å². The molecule has 0 saturated carbocycles. The van der Waals surface area contributed by atoms with E-state index in [1.807, 2.05) is 0 Å². The summed E-state index contributed by atoms with van der Waals surface area (Å²) in [5.74, 6) is -6.07. The maximum absolute atomic E-state index is 10.5. The summed E-state index contributed by atoms with van der Waals surface area (Å²) in [4.78, 5) is 31.3. The van der Waals surface area contributed by atoms with Gasteiger partial charge in [0.1, 0.15) is 6.04 Å². The van der Waals surface area contributed by atoms with Gasteiger partial charge >= 0.3 is 17.9 Å². The van der Waals surface area contributed by atoms with Crippen molar-refractivity contribution in [2.75, 3.05) is 7.05 Å². The minimum Gasteiger partial charge on any atom is -0.481 e. The minimum atomic E-state index is -1.71. The van der Waals surface area contributed by atoms with E-state index in [9.17, 15) is 14.4 Å². The number of hydrogen-bond acceptors (Lipinski definition) is 4. The van der Waals surface area contributed by atoms with E-state index in [-0.39, 0.29) is 0 Å². The number of hydrogen-bond donors (Lipinski definition) is 4. The Hall–Kier alpha value is -1.63. The fourth-order valence-corrected chi connectivity index (χ4v) is 0.885. The molecular formula is C7H11NO6. The quantitative estimate of drug-likeness (QED) is 0.403. The predicted molar refractivity (Wildman–Crippen MR) is 43.9 cm³/mol. The van der Waals surface area contributed by atoms with Gasteiger partial charge in [-0.3, -0.25) is 14.4 Å². The Kier molecular flexibility index (Phi) is 4.57. The van der Waals surface area contributed by atoms with Gasteiger partial charge in [-0.1, -0.05) is 0 Å². The Morgan fingerprint density at radius 2 is 1.50 bits per heavy atom. The molecule has 80 valence electrons. The van der Waals surface area contributed by atoms with Crippen LogP contribution in [0.3, 0.4) is 0 Å². The average molecular weight is 205 g/mol. The number of carbonyl (C=O) groups is 3. The molecule has 0 aromatic carbocycles. The molecule has 0 aliphatic carbocycles. The van der Waals surface area contributed by atoms with Gasteiger partial charge in [0.15, 0.2) is 5.92 Å². The highest BCUT2D eigenvalue weighted by Gasteiger charge is 2.31. The first-order valence-corrected chi connectivity index (χ1v) is 3.75. The molecule has 4 N–H and O–H groups in total. The molecule has 7 nitrogen and oxygen atoms in total. The van der Waals surface area contributed by atoms with Crippen molar-refractivity contribution in [3.8, 4) is 0 Å². The van der Waals surface area contributed by atoms with Crippen molar-refractivity contribution in [3.05, 3.63) is 0 Å². The van der Waals surface area contributed by atoms with Crippen LogP contribution in [0.25, 0.3) is 0 Å². The van der Waals surface area contributed by atoms with Gasteiger partial charge < -0.3 is 20.6 Å². The predicted octanol–water partition coefficient (Wildman–Crippen LogP) is -1.17. The van der Waals surface area contributed by atoms with Crippen LogP contribution in [0.2, 0.25) is 0 Å². The number of aliphatic carboxylic acids is 3. The zero-order chi connectivity index (χ0) is 11.3. The lowest BCUT2D eigenvalue weighted by Crippen LogP contribution is -2.39. The first kappa shape index (κ1) is 12.4. The molecule has 0 bridgehead atoms. The average Bonchev–Trinajstić information content (AvgIpc) is 2.03. The number of nitrogens with one attached hydrogen (secondary N) is 1. The maximum Gasteiger partial charge on any atom is 0.320 e. The molecule has 0 rings (SSSR count). The lowest BCUT2D eigenvalue weighted by Gasteiger charge is -2.13. The number of likely N-dealkylation sites (N-methyl/N-ethyl adjacent to an activating group) is 1. The number of rotatable bonds is 6. The van der Waals surface area contributed by atoms with Crippen LogP contribution in [0.1, 0.15) is 6.42 Å². The summed E-state index contributed by atoms with van der Waals surface area (Å²) in [5.41, 5.74) is 0. The third kappa shape index (κ3) is 3.40. The molecular weight excluding hydrogens is 194 g/mol. The normalized spacial score (nSPS) is 12.4. The minimum absolute atomic E-state index is 0.490. The monoisotopic (exact) mass is 205 g/mol. The Morgan fingerprint density at radius 3 is 1.71 bits per heavy atom. The second-order valence-electron chi connectivity index (χ2n) is 2.64. The van der Waals surface area contributed by atoms with Crippen molar-refractivity contribution in [3.63, 3.8) is 0 Å². The molecule has 0 aliphatic heterocycles. The molecule has 0 fully saturated rings. The lowest BCUT2D eigenvalue weighted by molar-refractivity contribution is -0.155. The van der Waals surface area contributed by atoms with Crippen LogP contribution in [0, 0.1) is 5.92 Å². The maximum atomic E-state index is 10.5. The van der Waals surface area contributed by atoms with E-state index in [4.69, 9.17) is 15.3 Å². The zero-order valence-corrected chi connectivity index (χ0v) is 7.43. The van der Waals surface area contributed by atoms with Crippen LogP contribution in [-0.2, 0) is 14.4 Å². The van der Waals surface area contributed by atoms with Gasteiger partial charge in [-0.05, 0) is 13.5 Å². The smallest absolute Gasteiger partial charge is 0.320 e. The fourth-order valence-electron chi connectivity index (χ4n) is 0.885. The standard InChI is InChI=1S/C7H11NO6/c1-8-4(7(13)14)2-3(5(9)10)6(11)12/h3-4,8H,2H2,1H3,(H,9,10)(H,11,12)(H,13,14). The molecule has 0 spiro atoms. The summed E-state index contributed by atoms with van der Waals surface area (Å²) in [6.07, 6.45) is -0.490. The molecule has 0 heterocycles. The molecule has 0 saturated heterocycles. The second kappa shape index (κ2) is 5.18. The summed E-state index contributed by atoms with van der Waals surface area (Å²) >= 11 is 0. The van der Waals surface area contributed by atoms with Crippen molar-refractivity contribution >= 4 is 17.9 Å². The first-order chi connectivity index (χ1) is 6.40. The van der Waals surface area contributed by atoms with Gasteiger partial charge in [-0.2, -0.15) is 0 Å². The van der Waals surface area contributed by atoms with Gasteiger partial charge in [-0.15, -0.1) is 0 Å². The van der Waals surface area contributed by atoms with Crippen LogP contribution in [-0.4, -0.2) is 46.3 Å². The Balaban J connectivity index is 4.49. The topological polar surface area (TPSA) is 124 Å². The molecule has 14 heavy (non-hydrogen) atoms. The van der Waals surface area contributed by atoms with Crippen molar-refractivity contribution < 1.29 is 29.7 Å². The van der Waals surface area contributed by atoms with Gasteiger partial charge in [0.05, 0.1) is 0 Å². The van der Waals surface area contributed by atoms with Crippen molar-refractivity contribution in [1.82, 2.24) is 5.32 Å². The summed E-state index contributed by atoms with van der Waals surface area (Å²) in [5, 5.41) is 27.8. The van der Waals surface area contributed by atoms with E-state index in [2.05, 4.69) is 5.32 Å². The number of carboxylic acids is 3. The van der Waals surface area contributed by atoms with Gasteiger partial charge in [0, 0.05) is 0 Å². The van der Waals surface area contributed by atoms with Crippen LogP contribution in [0.4, 0.5) is 0 Å². The highest BCUT2D eigenvalue weighted by atomic mass is 16.4. The largest absolute Gasteiger partial charge is 0.481 e. The highest BCUT2D eigenvalue weighted by Crippen LogP contribution is 2.07. The second-order valence-corrected chi connectivity index (χ2v) is 2.64. The Morgan fingerprint density at radius 1 is 1.07 bits per heavy atom. The molecule has 0 aliphatic rings. The third-order valence-corrected chi connectivity index (χ3v) is 1.71. The van der Waals surface area contributed by atoms with Crippen LogP contribution in [0.15, 0.2) is 0 Å². The molecule has 1 atom stereocenters. The zero-order valence-electron chi connectivity index (χ0n) is 7.43. The Labute approximate surface area is 79.3 Å². The first-order valence-electron chi connectivity index (χ1n) is 3.75. The van der Waals surface area contributed by atoms with E-state index in [1.54, 1.807) is 0 Å². The molecule has 1 unspecified atom stereocenters. The molecule has 0 amide bonds. The van der Waals surface area contributed by atoms with E-state index < -0.39 is 36.3 Å². The van der Waals surface area contributed by atoms with Crippen LogP contribution < -0.4 is 5.32 Å². The molecule has 0 radical (unpaired) electrons. The highest BCUT2D eigenvalue weighted by molar-refractivity contribution is 5.93. The summed E-state index contributed by atoms with van der Waals surface area (Å²) < 4.78 is 0. The van der Waals surface area contributed by atoms with E-state index in [1.165, 1.54) is 7.05 Å².